The van der Waals surface area contributed by atoms with Crippen molar-refractivity contribution in [1.82, 2.24) is 15.0 Å². The maximum Gasteiger partial charge on any atom is 0.223 e. The van der Waals surface area contributed by atoms with Crippen LogP contribution < -0.4 is 0 Å². The number of aromatic nitrogens is 2. The summed E-state index contributed by atoms with van der Waals surface area (Å²) in [6, 6.07) is 5.95. The third kappa shape index (κ3) is 3.97. The lowest BCUT2D eigenvalue weighted by molar-refractivity contribution is -0.140. The summed E-state index contributed by atoms with van der Waals surface area (Å²) in [5, 5.41) is 4.09. The smallest absolute Gasteiger partial charge is 0.223 e. The van der Waals surface area contributed by atoms with Crippen LogP contribution in [-0.2, 0) is 16.0 Å². The normalized spacial score (nSPS) is 20.6. The van der Waals surface area contributed by atoms with Crippen molar-refractivity contribution in [1.29, 1.82) is 0 Å². The van der Waals surface area contributed by atoms with Gasteiger partial charge in [-0.25, -0.2) is 4.98 Å². The second-order valence-corrected chi connectivity index (χ2v) is 7.92. The fourth-order valence-corrected chi connectivity index (χ4v) is 4.40. The minimum absolute atomic E-state index is 0.188. The minimum Gasteiger partial charge on any atom is -0.368 e. The highest BCUT2D eigenvalue weighted by molar-refractivity contribution is 5.76. The van der Waals surface area contributed by atoms with Gasteiger partial charge in [0.2, 0.25) is 5.91 Å². The maximum absolute atomic E-state index is 12.7. The Kier molecular flexibility index (Phi) is 5.76. The lowest BCUT2D eigenvalue weighted by Crippen LogP contribution is -2.42. The Morgan fingerprint density at radius 1 is 1.29 bits per heavy atom. The molecule has 1 amide bonds. The van der Waals surface area contributed by atoms with E-state index >= 15 is 0 Å². The third-order valence-electron chi connectivity index (χ3n) is 5.97. The van der Waals surface area contributed by atoms with Crippen molar-refractivity contribution in [3.63, 3.8) is 0 Å². The fourth-order valence-electron chi connectivity index (χ4n) is 4.40. The van der Waals surface area contributed by atoms with Crippen molar-refractivity contribution in [2.45, 2.75) is 58.5 Å². The van der Waals surface area contributed by atoms with Gasteiger partial charge in [0.05, 0.1) is 35.8 Å². The average molecular weight is 383 g/mol. The van der Waals surface area contributed by atoms with Gasteiger partial charge in [-0.15, -0.1) is 0 Å². The first-order chi connectivity index (χ1) is 13.7. The largest absolute Gasteiger partial charge is 0.368 e. The first-order valence-corrected chi connectivity index (χ1v) is 10.5. The number of pyridine rings is 1. The summed E-state index contributed by atoms with van der Waals surface area (Å²) in [7, 11) is 0. The number of amides is 1. The van der Waals surface area contributed by atoms with E-state index in [-0.39, 0.29) is 12.0 Å². The van der Waals surface area contributed by atoms with E-state index in [9.17, 15) is 4.79 Å². The molecular weight excluding hydrogens is 354 g/mol. The van der Waals surface area contributed by atoms with Crippen molar-refractivity contribution in [2.75, 3.05) is 19.7 Å². The number of rotatable bonds is 5. The molecule has 3 heterocycles. The van der Waals surface area contributed by atoms with Crippen LogP contribution in [0.1, 0.15) is 62.3 Å². The van der Waals surface area contributed by atoms with E-state index in [1.807, 2.05) is 36.9 Å². The number of aryl methyl sites for hydroxylation is 2. The van der Waals surface area contributed by atoms with Gasteiger partial charge in [0.25, 0.3) is 0 Å². The number of nitrogens with zero attached hydrogens (tertiary/aromatic N) is 3. The van der Waals surface area contributed by atoms with Crippen molar-refractivity contribution < 1.29 is 14.1 Å². The summed E-state index contributed by atoms with van der Waals surface area (Å²) in [5.74, 6) is 1.68. The van der Waals surface area contributed by atoms with Gasteiger partial charge in [-0.3, -0.25) is 4.79 Å². The molecule has 150 valence electrons. The van der Waals surface area contributed by atoms with Gasteiger partial charge in [0.1, 0.15) is 11.9 Å². The first-order valence-electron chi connectivity index (χ1n) is 10.5. The summed E-state index contributed by atoms with van der Waals surface area (Å²) >= 11 is 0. The Bertz CT molecular complexity index is 826. The molecule has 1 saturated heterocycles. The van der Waals surface area contributed by atoms with Gasteiger partial charge < -0.3 is 14.2 Å². The Balaban J connectivity index is 1.49. The number of carbonyl (C=O) groups is 1. The third-order valence-corrected chi connectivity index (χ3v) is 5.97. The van der Waals surface area contributed by atoms with Gasteiger partial charge >= 0.3 is 0 Å². The molecule has 0 unspecified atom stereocenters. The Morgan fingerprint density at radius 3 is 2.89 bits per heavy atom. The zero-order valence-corrected chi connectivity index (χ0v) is 16.8. The summed E-state index contributed by atoms with van der Waals surface area (Å²) in [6.07, 6.45) is 6.18. The molecule has 1 aliphatic heterocycles. The molecule has 28 heavy (non-hydrogen) atoms. The molecule has 1 saturated carbocycles. The van der Waals surface area contributed by atoms with E-state index < -0.39 is 0 Å². The van der Waals surface area contributed by atoms with Gasteiger partial charge in [0.15, 0.2) is 0 Å². The number of ether oxygens (including phenoxy) is 1. The molecule has 0 N–H and O–H groups in total. The molecule has 2 aliphatic rings. The molecule has 0 aromatic carbocycles. The lowest BCUT2D eigenvalue weighted by Gasteiger charge is -2.33. The van der Waals surface area contributed by atoms with E-state index in [2.05, 4.69) is 5.16 Å². The highest BCUT2D eigenvalue weighted by atomic mass is 16.5. The number of hydrogen-bond acceptors (Lipinski definition) is 5. The molecular formula is C22H29N3O3. The SMILES string of the molecule is CCc1onc(C)c1-c1cccc([C@@H]2CN(C(=O)CC3CCCC3)CCO2)n1. The monoisotopic (exact) mass is 383 g/mol. The lowest BCUT2D eigenvalue weighted by atomic mass is 10.0. The summed E-state index contributed by atoms with van der Waals surface area (Å²) in [4.78, 5) is 19.5. The van der Waals surface area contributed by atoms with Crippen molar-refractivity contribution in [3.8, 4) is 11.3 Å². The quantitative estimate of drug-likeness (QED) is 0.778. The zero-order valence-electron chi connectivity index (χ0n) is 16.8. The van der Waals surface area contributed by atoms with E-state index in [1.54, 1.807) is 0 Å². The Labute approximate surface area is 166 Å². The molecule has 2 aromatic heterocycles. The molecule has 0 radical (unpaired) electrons. The zero-order chi connectivity index (χ0) is 19.5. The van der Waals surface area contributed by atoms with Gasteiger partial charge in [-0.2, -0.15) is 0 Å². The topological polar surface area (TPSA) is 68.5 Å². The molecule has 0 spiro atoms. The molecule has 0 bridgehead atoms. The predicted octanol–water partition coefficient (Wildman–Crippen LogP) is 4.09. The van der Waals surface area contributed by atoms with Crippen LogP contribution >= 0.6 is 0 Å². The van der Waals surface area contributed by atoms with Crippen LogP contribution in [0.2, 0.25) is 0 Å². The summed E-state index contributed by atoms with van der Waals surface area (Å²) < 4.78 is 11.4. The number of morpholine rings is 1. The Hall–Kier alpha value is -2.21. The van der Waals surface area contributed by atoms with E-state index in [0.29, 0.717) is 32.0 Å². The van der Waals surface area contributed by atoms with Crippen molar-refractivity contribution in [3.05, 3.63) is 35.3 Å². The van der Waals surface area contributed by atoms with E-state index in [0.717, 1.165) is 34.8 Å². The van der Waals surface area contributed by atoms with Crippen LogP contribution in [0.15, 0.2) is 22.7 Å². The molecule has 1 atom stereocenters. The van der Waals surface area contributed by atoms with Gasteiger partial charge in [-0.1, -0.05) is 31.0 Å². The summed E-state index contributed by atoms with van der Waals surface area (Å²) in [6.45, 7) is 5.79. The summed E-state index contributed by atoms with van der Waals surface area (Å²) in [5.41, 5.74) is 3.53. The van der Waals surface area contributed by atoms with Crippen LogP contribution in [0.3, 0.4) is 0 Å². The fraction of sp³-hybridized carbons (Fsp3) is 0.591. The molecule has 6 nitrogen and oxygen atoms in total. The van der Waals surface area contributed by atoms with Crippen LogP contribution in [-0.4, -0.2) is 40.6 Å². The van der Waals surface area contributed by atoms with E-state index in [4.69, 9.17) is 14.2 Å². The second-order valence-electron chi connectivity index (χ2n) is 7.92. The standard InChI is InChI=1S/C22H29N3O3/c1-3-19-22(15(2)24-28-19)18-10-6-9-17(23-18)20-14-25(11-12-27-20)21(26)13-16-7-4-5-8-16/h6,9-10,16,20H,3-5,7-8,11-14H2,1-2H3/t20-/m0/s1. The molecule has 1 aliphatic carbocycles. The number of carbonyl (C=O) groups excluding carboxylic acids is 1. The second kappa shape index (κ2) is 8.43. The molecule has 2 aromatic rings. The molecule has 6 heteroatoms. The van der Waals surface area contributed by atoms with Gasteiger partial charge in [-0.05, 0) is 37.8 Å². The highest BCUT2D eigenvalue weighted by Crippen LogP contribution is 2.31. The average Bonchev–Trinajstić information content (AvgIpc) is 3.37. The maximum atomic E-state index is 12.7. The first kappa shape index (κ1) is 19.1. The van der Waals surface area contributed by atoms with Crippen molar-refractivity contribution >= 4 is 5.91 Å². The molecule has 2 fully saturated rings. The van der Waals surface area contributed by atoms with Crippen LogP contribution in [0.25, 0.3) is 11.3 Å². The van der Waals surface area contributed by atoms with E-state index in [1.165, 1.54) is 25.7 Å². The van der Waals surface area contributed by atoms with Crippen LogP contribution in [0, 0.1) is 12.8 Å². The van der Waals surface area contributed by atoms with Crippen LogP contribution in [0.5, 0.6) is 0 Å². The highest BCUT2D eigenvalue weighted by Gasteiger charge is 2.29. The minimum atomic E-state index is -0.188. The molecule has 4 rings (SSSR count). The van der Waals surface area contributed by atoms with Gasteiger partial charge in [0, 0.05) is 19.4 Å². The van der Waals surface area contributed by atoms with Crippen molar-refractivity contribution in [2.24, 2.45) is 5.92 Å². The van der Waals surface area contributed by atoms with Crippen LogP contribution in [0.4, 0.5) is 0 Å². The Morgan fingerprint density at radius 2 is 2.11 bits per heavy atom. The predicted molar refractivity (Wildman–Crippen MR) is 106 cm³/mol. The number of hydrogen-bond donors (Lipinski definition) is 0.